The normalized spacial score (nSPS) is 10.8. The number of rotatable bonds is 4. The number of fused-ring (bicyclic) bond motifs is 1. The molecule has 0 radical (unpaired) electrons. The van der Waals surface area contributed by atoms with E-state index in [1.54, 1.807) is 6.26 Å². The monoisotopic (exact) mass is 318 g/mol. The molecule has 0 amide bonds. The first kappa shape index (κ1) is 14.2. The van der Waals surface area contributed by atoms with Crippen LogP contribution in [0, 0.1) is 0 Å². The van der Waals surface area contributed by atoms with E-state index in [0.29, 0.717) is 12.2 Å². The molecule has 0 spiro atoms. The summed E-state index contributed by atoms with van der Waals surface area (Å²) in [6.07, 6.45) is 2.97. The summed E-state index contributed by atoms with van der Waals surface area (Å²) in [7, 11) is 0. The summed E-state index contributed by atoms with van der Waals surface area (Å²) in [6.45, 7) is 0.499. The third-order valence-electron chi connectivity index (χ3n) is 3.73. The van der Waals surface area contributed by atoms with E-state index in [1.807, 2.05) is 48.5 Å². The van der Waals surface area contributed by atoms with Crippen LogP contribution in [-0.2, 0) is 6.54 Å². The van der Waals surface area contributed by atoms with Crippen LogP contribution in [0.3, 0.4) is 0 Å². The summed E-state index contributed by atoms with van der Waals surface area (Å²) in [5.74, 6) is 0. The molecule has 6 heteroatoms. The van der Waals surface area contributed by atoms with Gasteiger partial charge in [0.1, 0.15) is 12.0 Å². The van der Waals surface area contributed by atoms with Crippen LogP contribution in [0.15, 0.2) is 70.4 Å². The zero-order chi connectivity index (χ0) is 16.4. The summed E-state index contributed by atoms with van der Waals surface area (Å²) in [4.78, 5) is 23.9. The third-order valence-corrected chi connectivity index (χ3v) is 3.73. The minimum Gasteiger partial charge on any atom is -0.451 e. The molecule has 0 fully saturated rings. The zero-order valence-electron chi connectivity index (χ0n) is 12.7. The van der Waals surface area contributed by atoms with Gasteiger partial charge in [0, 0.05) is 11.3 Å². The second-order valence-corrected chi connectivity index (χ2v) is 5.31. The first-order valence-corrected chi connectivity index (χ1v) is 7.51. The number of aromatic nitrogens is 3. The van der Waals surface area contributed by atoms with E-state index < -0.39 is 0 Å². The highest BCUT2D eigenvalue weighted by atomic mass is 16.3. The van der Waals surface area contributed by atoms with Gasteiger partial charge in [0.25, 0.3) is 5.56 Å². The van der Waals surface area contributed by atoms with E-state index in [0.717, 1.165) is 28.0 Å². The molecule has 0 aliphatic heterocycles. The van der Waals surface area contributed by atoms with Crippen molar-refractivity contribution < 1.29 is 4.42 Å². The molecular formula is C18H14N4O2. The predicted octanol–water partition coefficient (Wildman–Crippen LogP) is 3.19. The molecule has 2 aromatic heterocycles. The molecule has 2 heterocycles. The number of para-hydroxylation sites is 3. The van der Waals surface area contributed by atoms with E-state index in [2.05, 4.69) is 20.3 Å². The van der Waals surface area contributed by atoms with E-state index in [4.69, 9.17) is 4.42 Å². The van der Waals surface area contributed by atoms with Gasteiger partial charge in [-0.3, -0.25) is 4.79 Å². The number of aromatic amines is 1. The lowest BCUT2D eigenvalue weighted by atomic mass is 10.1. The van der Waals surface area contributed by atoms with Gasteiger partial charge in [0.2, 0.25) is 0 Å². The summed E-state index contributed by atoms with van der Waals surface area (Å²) >= 11 is 0. The minimum absolute atomic E-state index is 0.218. The van der Waals surface area contributed by atoms with E-state index in [-0.39, 0.29) is 5.56 Å². The summed E-state index contributed by atoms with van der Waals surface area (Å²) in [5, 5.41) is 3.27. The Morgan fingerprint density at radius 2 is 1.92 bits per heavy atom. The van der Waals surface area contributed by atoms with Crippen LogP contribution in [0.25, 0.3) is 22.3 Å². The maximum atomic E-state index is 12.4. The molecule has 2 N–H and O–H groups in total. The van der Waals surface area contributed by atoms with Gasteiger partial charge in [-0.15, -0.1) is 0 Å². The van der Waals surface area contributed by atoms with Crippen LogP contribution in [-0.4, -0.2) is 15.0 Å². The lowest BCUT2D eigenvalue weighted by molar-refractivity contribution is 0.556. The number of hydrogen-bond donors (Lipinski definition) is 2. The molecule has 2 aromatic carbocycles. The number of anilines is 1. The van der Waals surface area contributed by atoms with Crippen molar-refractivity contribution in [2.75, 3.05) is 5.32 Å². The van der Waals surface area contributed by atoms with Crippen molar-refractivity contribution in [3.8, 4) is 11.3 Å². The maximum Gasteiger partial charge on any atom is 0.275 e. The number of nitrogens with one attached hydrogen (secondary N) is 2. The summed E-state index contributed by atoms with van der Waals surface area (Å²) in [6, 6.07) is 15.0. The van der Waals surface area contributed by atoms with Crippen LogP contribution >= 0.6 is 0 Å². The molecule has 118 valence electrons. The van der Waals surface area contributed by atoms with Crippen molar-refractivity contribution in [2.24, 2.45) is 0 Å². The second-order valence-electron chi connectivity index (χ2n) is 5.31. The van der Waals surface area contributed by atoms with Crippen molar-refractivity contribution in [2.45, 2.75) is 6.54 Å². The molecule has 4 rings (SSSR count). The fourth-order valence-corrected chi connectivity index (χ4v) is 2.57. The molecule has 24 heavy (non-hydrogen) atoms. The van der Waals surface area contributed by atoms with Crippen LogP contribution in [0.1, 0.15) is 5.69 Å². The van der Waals surface area contributed by atoms with Crippen LogP contribution in [0.4, 0.5) is 5.69 Å². The van der Waals surface area contributed by atoms with Gasteiger partial charge < -0.3 is 14.7 Å². The first-order chi connectivity index (χ1) is 11.8. The SMILES string of the molecule is O=c1[nH]c2ccccc2nc1-c1ccccc1NCc1cocn1. The predicted molar refractivity (Wildman–Crippen MR) is 91.6 cm³/mol. The summed E-state index contributed by atoms with van der Waals surface area (Å²) < 4.78 is 4.97. The molecular weight excluding hydrogens is 304 g/mol. The quantitative estimate of drug-likeness (QED) is 0.604. The Balaban J connectivity index is 1.76. The van der Waals surface area contributed by atoms with Gasteiger partial charge in [-0.1, -0.05) is 30.3 Å². The van der Waals surface area contributed by atoms with Gasteiger partial charge in [-0.05, 0) is 18.2 Å². The lowest BCUT2D eigenvalue weighted by Gasteiger charge is -2.10. The molecule has 0 saturated carbocycles. The van der Waals surface area contributed by atoms with Crippen molar-refractivity contribution >= 4 is 16.7 Å². The van der Waals surface area contributed by atoms with Gasteiger partial charge in [-0.25, -0.2) is 9.97 Å². The Labute approximate surface area is 137 Å². The van der Waals surface area contributed by atoms with Crippen LogP contribution in [0.2, 0.25) is 0 Å². The first-order valence-electron chi connectivity index (χ1n) is 7.51. The van der Waals surface area contributed by atoms with Crippen molar-refractivity contribution in [3.63, 3.8) is 0 Å². The van der Waals surface area contributed by atoms with Gasteiger partial charge in [0.15, 0.2) is 6.39 Å². The largest absolute Gasteiger partial charge is 0.451 e. The average Bonchev–Trinajstić information content (AvgIpc) is 3.13. The van der Waals surface area contributed by atoms with Crippen LogP contribution in [0.5, 0.6) is 0 Å². The fourth-order valence-electron chi connectivity index (χ4n) is 2.57. The maximum absolute atomic E-state index is 12.4. The topological polar surface area (TPSA) is 83.8 Å². The third kappa shape index (κ3) is 2.65. The average molecular weight is 318 g/mol. The van der Waals surface area contributed by atoms with Gasteiger partial charge in [-0.2, -0.15) is 0 Å². The Bertz CT molecular complexity index is 1040. The number of nitrogens with zero attached hydrogens (tertiary/aromatic N) is 2. The standard InChI is InChI=1S/C18H14N4O2/c23-18-17(21-15-7-3-4-8-16(15)22-18)13-5-1-2-6-14(13)19-9-12-10-24-11-20-12/h1-8,10-11,19H,9H2,(H,22,23). The Morgan fingerprint density at radius 1 is 1.08 bits per heavy atom. The highest BCUT2D eigenvalue weighted by Gasteiger charge is 2.11. The number of hydrogen-bond acceptors (Lipinski definition) is 5. The smallest absolute Gasteiger partial charge is 0.275 e. The minimum atomic E-state index is -0.218. The fraction of sp³-hybridized carbons (Fsp3) is 0.0556. The lowest BCUT2D eigenvalue weighted by Crippen LogP contribution is -2.12. The van der Waals surface area contributed by atoms with Crippen LogP contribution < -0.4 is 10.9 Å². The molecule has 0 saturated heterocycles. The van der Waals surface area contributed by atoms with E-state index in [9.17, 15) is 4.79 Å². The van der Waals surface area contributed by atoms with E-state index in [1.165, 1.54) is 6.39 Å². The molecule has 0 unspecified atom stereocenters. The molecule has 0 aliphatic carbocycles. The Morgan fingerprint density at radius 3 is 2.79 bits per heavy atom. The number of H-pyrrole nitrogens is 1. The Kier molecular flexibility index (Phi) is 3.55. The van der Waals surface area contributed by atoms with Crippen molar-refractivity contribution in [1.82, 2.24) is 15.0 Å². The molecule has 4 aromatic rings. The highest BCUT2D eigenvalue weighted by Crippen LogP contribution is 2.25. The van der Waals surface area contributed by atoms with Gasteiger partial charge in [0.05, 0.1) is 23.3 Å². The molecule has 0 atom stereocenters. The number of oxazole rings is 1. The van der Waals surface area contributed by atoms with Gasteiger partial charge >= 0.3 is 0 Å². The highest BCUT2D eigenvalue weighted by molar-refractivity contribution is 5.80. The Hall–Kier alpha value is -3.41. The molecule has 0 aliphatic rings. The van der Waals surface area contributed by atoms with Crippen molar-refractivity contribution in [1.29, 1.82) is 0 Å². The van der Waals surface area contributed by atoms with E-state index >= 15 is 0 Å². The van der Waals surface area contributed by atoms with Crippen molar-refractivity contribution in [3.05, 3.63) is 77.2 Å². The second kappa shape index (κ2) is 6.00. The number of benzene rings is 2. The molecule has 0 bridgehead atoms. The molecule has 6 nitrogen and oxygen atoms in total. The zero-order valence-corrected chi connectivity index (χ0v) is 12.7. The summed E-state index contributed by atoms with van der Waals surface area (Å²) in [5.41, 5.74) is 3.98.